The molecule has 268 valence electrons. The second-order valence-corrected chi connectivity index (χ2v) is 15.2. The molecule has 2 atom stereocenters. The molecule has 3 nitrogen and oxygen atoms in total. The molecular weight excluding hydrogens is 679 g/mol. The molecule has 8 aromatic carbocycles. The summed E-state index contributed by atoms with van der Waals surface area (Å²) >= 11 is 0. The van der Waals surface area contributed by atoms with E-state index in [-0.39, 0.29) is 6.17 Å². The number of nitrogens with zero attached hydrogens (tertiary/aromatic N) is 2. The van der Waals surface area contributed by atoms with Crippen molar-refractivity contribution in [3.05, 3.63) is 221 Å². The van der Waals surface area contributed by atoms with Gasteiger partial charge in [0.05, 0.1) is 0 Å². The molecule has 1 aliphatic carbocycles. The lowest BCUT2D eigenvalue weighted by Gasteiger charge is -2.25. The highest BCUT2D eigenvalue weighted by Gasteiger charge is 2.23. The smallest absolute Gasteiger partial charge is 0.159 e. The number of benzene rings is 8. The van der Waals surface area contributed by atoms with Crippen molar-refractivity contribution >= 4 is 49.6 Å². The average Bonchev–Trinajstić information content (AvgIpc) is 3.25. The summed E-state index contributed by atoms with van der Waals surface area (Å²) in [5.41, 5.74) is 11.8. The Kier molecular flexibility index (Phi) is 8.49. The van der Waals surface area contributed by atoms with Gasteiger partial charge in [0.25, 0.3) is 0 Å². The van der Waals surface area contributed by atoms with E-state index < -0.39 is 0 Å². The monoisotopic (exact) mass is 719 g/mol. The molecule has 3 heteroatoms. The first-order valence-electron chi connectivity index (χ1n) is 19.5. The highest BCUT2D eigenvalue weighted by molar-refractivity contribution is 6.14. The summed E-state index contributed by atoms with van der Waals surface area (Å²) < 4.78 is 0. The molecule has 10 rings (SSSR count). The van der Waals surface area contributed by atoms with Gasteiger partial charge in [0, 0.05) is 17.0 Å². The molecule has 2 aliphatic rings. The fraction of sp³-hybridized carbons (Fsp3) is 0.0943. The lowest BCUT2D eigenvalue weighted by molar-refractivity contribution is 0.675. The predicted molar refractivity (Wildman–Crippen MR) is 237 cm³/mol. The maximum atomic E-state index is 5.40. The molecule has 2 unspecified atom stereocenters. The second kappa shape index (κ2) is 14.1. The van der Waals surface area contributed by atoms with Crippen molar-refractivity contribution in [3.63, 3.8) is 0 Å². The van der Waals surface area contributed by atoms with E-state index in [4.69, 9.17) is 9.98 Å². The van der Waals surface area contributed by atoms with E-state index in [1.54, 1.807) is 0 Å². The van der Waals surface area contributed by atoms with Crippen LogP contribution in [-0.2, 0) is 0 Å². The van der Waals surface area contributed by atoms with Crippen LogP contribution in [0, 0.1) is 13.8 Å². The first-order valence-corrected chi connectivity index (χ1v) is 19.5. The third kappa shape index (κ3) is 6.52. The first-order chi connectivity index (χ1) is 27.5. The predicted octanol–water partition coefficient (Wildman–Crippen LogP) is 13.1. The second-order valence-electron chi connectivity index (χ2n) is 15.2. The first kappa shape index (κ1) is 33.7. The summed E-state index contributed by atoms with van der Waals surface area (Å²) in [5, 5.41) is 11.0. The van der Waals surface area contributed by atoms with Crippen molar-refractivity contribution in [2.75, 3.05) is 0 Å². The molecule has 0 saturated carbocycles. The van der Waals surface area contributed by atoms with Crippen LogP contribution in [0.4, 0.5) is 0 Å². The van der Waals surface area contributed by atoms with Gasteiger partial charge in [-0.15, -0.1) is 0 Å². The van der Waals surface area contributed by atoms with Crippen molar-refractivity contribution in [1.82, 2.24) is 5.32 Å². The van der Waals surface area contributed by atoms with E-state index in [0.29, 0.717) is 11.8 Å². The number of amidine groups is 2. The number of fused-ring (bicyclic) bond motifs is 3. The van der Waals surface area contributed by atoms with Crippen molar-refractivity contribution in [3.8, 4) is 11.1 Å². The van der Waals surface area contributed by atoms with E-state index in [0.717, 1.165) is 40.1 Å². The zero-order chi connectivity index (χ0) is 37.6. The van der Waals surface area contributed by atoms with Gasteiger partial charge in [-0.3, -0.25) is 0 Å². The molecule has 1 heterocycles. The lowest BCUT2D eigenvalue weighted by Crippen LogP contribution is -2.33. The molecule has 0 bridgehead atoms. The topological polar surface area (TPSA) is 36.8 Å². The zero-order valence-electron chi connectivity index (χ0n) is 31.6. The summed E-state index contributed by atoms with van der Waals surface area (Å²) in [7, 11) is 0. The minimum Gasteiger partial charge on any atom is -0.344 e. The van der Waals surface area contributed by atoms with Crippen molar-refractivity contribution < 1.29 is 0 Å². The average molecular weight is 720 g/mol. The molecule has 0 fully saturated rings. The quantitative estimate of drug-likeness (QED) is 0.182. The standard InChI is InChI=1S/C53H41N3/c1-34-26-35(2)28-45(27-34)38-18-20-39(21-19-38)46-31-47(50-17-9-15-40-12-7-8-16-49(40)50)33-48(32-46)53-55-51(43-24-22-36-10-3-5-13-41(36)29-43)54-52(56-53)44-25-23-37-11-4-6-14-42(37)30-44/h3-18,20-33,38,51H,19H2,1-2H3,(H,54,55,56). The molecule has 8 aromatic rings. The fourth-order valence-corrected chi connectivity index (χ4v) is 8.47. The maximum absolute atomic E-state index is 5.40. The number of nitrogens with one attached hydrogen (secondary N) is 1. The third-order valence-corrected chi connectivity index (χ3v) is 11.3. The van der Waals surface area contributed by atoms with Crippen LogP contribution in [0.15, 0.2) is 192 Å². The van der Waals surface area contributed by atoms with Crippen LogP contribution in [0.2, 0.25) is 0 Å². The van der Waals surface area contributed by atoms with Crippen LogP contribution >= 0.6 is 0 Å². The largest absolute Gasteiger partial charge is 0.344 e. The number of aliphatic imine (C=N–C) groups is 2. The van der Waals surface area contributed by atoms with Gasteiger partial charge in [-0.1, -0.05) is 163 Å². The van der Waals surface area contributed by atoms with Crippen molar-refractivity contribution in [2.45, 2.75) is 32.4 Å². The molecule has 56 heavy (non-hydrogen) atoms. The van der Waals surface area contributed by atoms with Gasteiger partial charge in [-0.05, 0) is 116 Å². The van der Waals surface area contributed by atoms with E-state index in [1.807, 2.05) is 0 Å². The number of rotatable bonds is 6. The number of hydrogen-bond donors (Lipinski definition) is 1. The molecule has 1 aliphatic heterocycles. The van der Waals surface area contributed by atoms with Gasteiger partial charge < -0.3 is 5.32 Å². The van der Waals surface area contributed by atoms with Gasteiger partial charge in [-0.25, -0.2) is 9.98 Å². The number of aryl methyl sites for hydroxylation is 2. The van der Waals surface area contributed by atoms with E-state index in [1.165, 1.54) is 60.1 Å². The SMILES string of the molecule is Cc1cc(C)cc(C2C=CC(c3cc(C4=NC(c5ccc6ccccc6c5)NC(c5ccc6ccccc6c5)=N4)cc(-c4cccc5ccccc45)c3)=CC2)c1. The Bertz CT molecular complexity index is 2940. The Hall–Kier alpha value is -6.84. The van der Waals surface area contributed by atoms with Crippen LogP contribution in [0.1, 0.15) is 57.4 Å². The van der Waals surface area contributed by atoms with E-state index in [2.05, 4.69) is 201 Å². The molecular formula is C53H41N3. The summed E-state index contributed by atoms with van der Waals surface area (Å²) in [6.07, 6.45) is 7.71. The van der Waals surface area contributed by atoms with Crippen LogP contribution in [0.5, 0.6) is 0 Å². The van der Waals surface area contributed by atoms with Gasteiger partial charge in [0.1, 0.15) is 12.0 Å². The number of hydrogen-bond acceptors (Lipinski definition) is 3. The van der Waals surface area contributed by atoms with Crippen LogP contribution in [0.3, 0.4) is 0 Å². The summed E-state index contributed by atoms with van der Waals surface area (Å²) in [6, 6.07) is 59.2. The summed E-state index contributed by atoms with van der Waals surface area (Å²) in [6.45, 7) is 4.37. The van der Waals surface area contributed by atoms with E-state index >= 15 is 0 Å². The Morgan fingerprint density at radius 2 is 1.18 bits per heavy atom. The van der Waals surface area contributed by atoms with Gasteiger partial charge in [0.15, 0.2) is 5.84 Å². The van der Waals surface area contributed by atoms with Crippen molar-refractivity contribution in [1.29, 1.82) is 0 Å². The van der Waals surface area contributed by atoms with Gasteiger partial charge in [0.2, 0.25) is 0 Å². The highest BCUT2D eigenvalue weighted by atomic mass is 15.2. The normalized spacial score (nSPS) is 16.7. The lowest BCUT2D eigenvalue weighted by atomic mass is 9.86. The Morgan fingerprint density at radius 3 is 1.95 bits per heavy atom. The van der Waals surface area contributed by atoms with Crippen molar-refractivity contribution in [2.24, 2.45) is 9.98 Å². The minimum absolute atomic E-state index is 0.328. The van der Waals surface area contributed by atoms with Gasteiger partial charge >= 0.3 is 0 Å². The van der Waals surface area contributed by atoms with Crippen LogP contribution in [-0.4, -0.2) is 11.7 Å². The molecule has 1 N–H and O–H groups in total. The Balaban J connectivity index is 1.13. The summed E-state index contributed by atoms with van der Waals surface area (Å²) in [4.78, 5) is 10.7. The minimum atomic E-state index is -0.328. The third-order valence-electron chi connectivity index (χ3n) is 11.3. The molecule has 0 spiro atoms. The Morgan fingerprint density at radius 1 is 0.518 bits per heavy atom. The fourth-order valence-electron chi connectivity index (χ4n) is 8.47. The van der Waals surface area contributed by atoms with Gasteiger partial charge in [-0.2, -0.15) is 0 Å². The van der Waals surface area contributed by atoms with Crippen LogP contribution in [0.25, 0.3) is 49.0 Å². The Labute approximate surface area is 328 Å². The molecule has 0 amide bonds. The molecule has 0 aromatic heterocycles. The summed E-state index contributed by atoms with van der Waals surface area (Å²) in [5.74, 6) is 1.87. The van der Waals surface area contributed by atoms with E-state index in [9.17, 15) is 0 Å². The van der Waals surface area contributed by atoms with Crippen LogP contribution < -0.4 is 5.32 Å². The molecule has 0 radical (unpaired) electrons. The highest BCUT2D eigenvalue weighted by Crippen LogP contribution is 2.37. The molecule has 0 saturated heterocycles. The maximum Gasteiger partial charge on any atom is 0.159 e. The zero-order valence-corrected chi connectivity index (χ0v) is 31.6. The number of allylic oxidation sites excluding steroid dienone is 4.